The van der Waals surface area contributed by atoms with Crippen LogP contribution in [0.1, 0.15) is 44.9 Å². The number of hydrogen-bond donors (Lipinski definition) is 2. The molecule has 0 radical (unpaired) electrons. The van der Waals surface area contributed by atoms with Crippen molar-refractivity contribution in [3.63, 3.8) is 0 Å². The van der Waals surface area contributed by atoms with Gasteiger partial charge >= 0.3 is 11.7 Å². The number of nitrogens with zero attached hydrogens (tertiary/aromatic N) is 2. The third kappa shape index (κ3) is 4.49. The zero-order valence-electron chi connectivity index (χ0n) is 19.2. The second kappa shape index (κ2) is 8.85. The molecule has 4 bridgehead atoms. The highest BCUT2D eigenvalue weighted by Gasteiger charge is 2.57. The third-order valence-electron chi connectivity index (χ3n) is 8.08. The Labute approximate surface area is 200 Å². The molecule has 5 aliphatic rings. The summed E-state index contributed by atoms with van der Waals surface area (Å²) in [4.78, 5) is 50.2. The van der Waals surface area contributed by atoms with Gasteiger partial charge in [0.15, 0.2) is 6.61 Å². The van der Waals surface area contributed by atoms with Crippen LogP contribution < -0.4 is 5.32 Å². The number of nitro groups is 1. The molecule has 1 aromatic rings. The van der Waals surface area contributed by atoms with E-state index in [1.54, 1.807) is 0 Å². The van der Waals surface area contributed by atoms with Crippen LogP contribution in [0.25, 0.3) is 0 Å². The van der Waals surface area contributed by atoms with Crippen LogP contribution >= 0.6 is 0 Å². The Hall–Kier alpha value is -3.08. The first kappa shape index (κ1) is 23.7. The van der Waals surface area contributed by atoms with E-state index in [4.69, 9.17) is 4.74 Å². The van der Waals surface area contributed by atoms with Gasteiger partial charge in [0, 0.05) is 24.7 Å². The number of amides is 2. The predicted octanol–water partition coefficient (Wildman–Crippen LogP) is 2.39. The molecule has 4 aliphatic carbocycles. The van der Waals surface area contributed by atoms with E-state index in [1.165, 1.54) is 24.2 Å². The van der Waals surface area contributed by atoms with E-state index < -0.39 is 52.5 Å². The molecule has 1 heterocycles. The fraction of sp³-hybridized carbons (Fsp3) is 0.625. The normalized spacial score (nSPS) is 33.0. The smallest absolute Gasteiger partial charge is 0.329 e. The van der Waals surface area contributed by atoms with E-state index in [-0.39, 0.29) is 24.6 Å². The second-order valence-electron chi connectivity index (χ2n) is 10.6. The molecule has 5 fully saturated rings. The number of hydrogen-bond acceptors (Lipinski definition) is 7. The number of nitro benzene ring substituents is 1. The Kier molecular flexibility index (Phi) is 5.98. The van der Waals surface area contributed by atoms with Crippen LogP contribution in [-0.2, 0) is 19.1 Å². The van der Waals surface area contributed by atoms with Crippen molar-refractivity contribution in [3.8, 4) is 0 Å². The number of likely N-dealkylation sites (tertiary alicyclic amines) is 1. The number of nitrogens with one attached hydrogen (secondary N) is 1. The minimum Gasteiger partial charge on any atom is -0.454 e. The van der Waals surface area contributed by atoms with Gasteiger partial charge in [0.05, 0.1) is 16.4 Å². The molecule has 10 nitrogen and oxygen atoms in total. The van der Waals surface area contributed by atoms with Crippen LogP contribution in [-0.4, -0.2) is 58.0 Å². The monoisotopic (exact) mass is 489 g/mol. The van der Waals surface area contributed by atoms with Crippen molar-refractivity contribution >= 4 is 29.2 Å². The lowest BCUT2D eigenvalue weighted by molar-refractivity contribution is -0.387. The highest BCUT2D eigenvalue weighted by atomic mass is 19.1. The molecule has 1 aliphatic heterocycles. The Morgan fingerprint density at radius 1 is 1.14 bits per heavy atom. The number of carbonyl (C=O) groups excluding carboxylic acids is 3. The zero-order valence-corrected chi connectivity index (χ0v) is 19.2. The van der Waals surface area contributed by atoms with Crippen LogP contribution in [0.4, 0.5) is 15.8 Å². The molecule has 4 saturated carbocycles. The molecule has 2 N–H and O–H groups in total. The van der Waals surface area contributed by atoms with Crippen molar-refractivity contribution in [1.82, 2.24) is 4.90 Å². The molecule has 1 aromatic carbocycles. The van der Waals surface area contributed by atoms with E-state index in [0.29, 0.717) is 17.8 Å². The largest absolute Gasteiger partial charge is 0.454 e. The average molecular weight is 490 g/mol. The van der Waals surface area contributed by atoms with Crippen LogP contribution in [0.5, 0.6) is 0 Å². The first-order valence-corrected chi connectivity index (χ1v) is 12.0. The number of benzene rings is 1. The number of β-amino-alcohol motifs (C(OH)–C–C–N with tert-alkyl or cyclic N) is 1. The molecule has 2 atom stereocenters. The second-order valence-corrected chi connectivity index (χ2v) is 10.6. The summed E-state index contributed by atoms with van der Waals surface area (Å²) in [6, 6.07) is 1.91. The fourth-order valence-electron chi connectivity index (χ4n) is 7.10. The Morgan fingerprint density at radius 3 is 2.37 bits per heavy atom. The maximum Gasteiger partial charge on any atom is 0.329 e. The molecule has 6 rings (SSSR count). The molecule has 35 heavy (non-hydrogen) atoms. The van der Waals surface area contributed by atoms with Gasteiger partial charge in [0.1, 0.15) is 6.04 Å². The molecule has 0 aromatic heterocycles. The lowest BCUT2D eigenvalue weighted by Gasteiger charge is -2.56. The number of halogens is 1. The van der Waals surface area contributed by atoms with Gasteiger partial charge in [-0.05, 0) is 68.4 Å². The third-order valence-corrected chi connectivity index (χ3v) is 8.08. The van der Waals surface area contributed by atoms with Gasteiger partial charge < -0.3 is 20.1 Å². The number of carbonyl (C=O) groups is 3. The summed E-state index contributed by atoms with van der Waals surface area (Å²) in [6.45, 7) is -0.623. The van der Waals surface area contributed by atoms with Crippen molar-refractivity contribution in [3.05, 3.63) is 34.1 Å². The Morgan fingerprint density at radius 2 is 1.77 bits per heavy atom. The maximum atomic E-state index is 13.7. The van der Waals surface area contributed by atoms with E-state index in [9.17, 15) is 34.0 Å². The molecule has 0 spiro atoms. The van der Waals surface area contributed by atoms with E-state index in [0.717, 1.165) is 37.5 Å². The number of ether oxygens (including phenoxy) is 1. The molecular weight excluding hydrogens is 461 g/mol. The summed E-state index contributed by atoms with van der Waals surface area (Å²) in [5.41, 5.74) is -1.28. The standard InChI is InChI=1S/C24H28FN3O7/c25-18-2-1-16(6-19(18)28(33)34)26-21(30)12-35-22(31)20-7-17(29)11-27(20)23(32)24-8-13-3-14(9-24)5-15(4-13)10-24/h1-2,6,13-15,17,20,29H,3-5,7-12H2,(H,26,30)/t13?,14?,15?,17?,20-,24?/m0/s1. The molecule has 2 amide bonds. The minimum absolute atomic E-state index is 0.0194. The molecule has 1 unspecified atom stereocenters. The molecule has 1 saturated heterocycles. The predicted molar refractivity (Wildman–Crippen MR) is 119 cm³/mol. The van der Waals surface area contributed by atoms with Crippen molar-refractivity contribution in [2.45, 2.75) is 57.1 Å². The Balaban J connectivity index is 1.21. The first-order chi connectivity index (χ1) is 16.6. The maximum absolute atomic E-state index is 13.7. The highest BCUT2D eigenvalue weighted by Crippen LogP contribution is 2.60. The highest BCUT2D eigenvalue weighted by molar-refractivity contribution is 5.94. The SMILES string of the molecule is O=C(COC(=O)[C@@H]1CC(O)CN1C(=O)C12CC3CC(CC(C3)C1)C2)Nc1ccc(F)c([N+](=O)[O-])c1. The summed E-state index contributed by atoms with van der Waals surface area (Å²) >= 11 is 0. The summed E-state index contributed by atoms with van der Waals surface area (Å²) in [5, 5.41) is 23.4. The van der Waals surface area contributed by atoms with Gasteiger partial charge in [0.2, 0.25) is 11.7 Å². The Bertz CT molecular complexity index is 1040. The average Bonchev–Trinajstić information content (AvgIpc) is 3.18. The van der Waals surface area contributed by atoms with Gasteiger partial charge in [-0.3, -0.25) is 19.7 Å². The summed E-state index contributed by atoms with van der Waals surface area (Å²) in [6.07, 6.45) is 5.21. The quantitative estimate of drug-likeness (QED) is 0.355. The van der Waals surface area contributed by atoms with E-state index in [2.05, 4.69) is 5.32 Å². The van der Waals surface area contributed by atoms with Crippen molar-refractivity contribution in [1.29, 1.82) is 0 Å². The van der Waals surface area contributed by atoms with Crippen molar-refractivity contribution in [2.75, 3.05) is 18.5 Å². The lowest BCUT2D eigenvalue weighted by atomic mass is 9.49. The van der Waals surface area contributed by atoms with E-state index in [1.807, 2.05) is 0 Å². The number of esters is 1. The zero-order chi connectivity index (χ0) is 24.9. The molecule has 11 heteroatoms. The number of rotatable bonds is 6. The van der Waals surface area contributed by atoms with Crippen LogP contribution in [0.3, 0.4) is 0 Å². The van der Waals surface area contributed by atoms with Crippen LogP contribution in [0, 0.1) is 39.1 Å². The van der Waals surface area contributed by atoms with Crippen molar-refractivity contribution < 1.29 is 33.5 Å². The number of anilines is 1. The molecular formula is C24H28FN3O7. The van der Waals surface area contributed by atoms with E-state index >= 15 is 0 Å². The van der Waals surface area contributed by atoms with Crippen molar-refractivity contribution in [2.24, 2.45) is 23.2 Å². The summed E-state index contributed by atoms with van der Waals surface area (Å²) in [7, 11) is 0. The van der Waals surface area contributed by atoms with Gasteiger partial charge in [0.25, 0.3) is 5.91 Å². The van der Waals surface area contributed by atoms with Gasteiger partial charge in [-0.2, -0.15) is 4.39 Å². The van der Waals surface area contributed by atoms with Gasteiger partial charge in [-0.1, -0.05) is 0 Å². The minimum atomic E-state index is -1.04. The number of aliphatic hydroxyl groups excluding tert-OH is 1. The summed E-state index contributed by atoms with van der Waals surface area (Å²) < 4.78 is 18.6. The van der Waals surface area contributed by atoms with Gasteiger partial charge in [-0.15, -0.1) is 0 Å². The topological polar surface area (TPSA) is 139 Å². The van der Waals surface area contributed by atoms with Crippen LogP contribution in [0.15, 0.2) is 18.2 Å². The summed E-state index contributed by atoms with van der Waals surface area (Å²) in [5.74, 6) is -1.02. The van der Waals surface area contributed by atoms with Crippen LogP contribution in [0.2, 0.25) is 0 Å². The first-order valence-electron chi connectivity index (χ1n) is 12.0. The number of aliphatic hydroxyl groups is 1. The lowest BCUT2D eigenvalue weighted by Crippen LogP contribution is -2.56. The van der Waals surface area contributed by atoms with Gasteiger partial charge in [-0.25, -0.2) is 4.79 Å². The molecule has 188 valence electrons. The fourth-order valence-corrected chi connectivity index (χ4v) is 7.10.